The van der Waals surface area contributed by atoms with E-state index in [1.165, 1.54) is 0 Å². The van der Waals surface area contributed by atoms with Crippen molar-refractivity contribution in [2.24, 2.45) is 5.41 Å². The maximum absolute atomic E-state index is 12.5. The van der Waals surface area contributed by atoms with Gasteiger partial charge in [0.05, 0.1) is 12.5 Å². The number of hydrogen-bond donors (Lipinski definition) is 2. The zero-order chi connectivity index (χ0) is 19.4. The molecular formula is C21H24N2O4. The number of aliphatic carboxylic acids is 1. The highest BCUT2D eigenvalue weighted by Crippen LogP contribution is 2.31. The molecule has 1 aliphatic heterocycles. The first-order valence-electron chi connectivity index (χ1n) is 8.91. The Morgan fingerprint density at radius 3 is 2.59 bits per heavy atom. The highest BCUT2D eigenvalue weighted by atomic mass is 16.5. The van der Waals surface area contributed by atoms with Crippen LogP contribution in [0.25, 0.3) is 0 Å². The lowest BCUT2D eigenvalue weighted by molar-refractivity contribution is -0.146. The van der Waals surface area contributed by atoms with Crippen molar-refractivity contribution in [1.29, 1.82) is 0 Å². The smallest absolute Gasteiger partial charge is 0.321 e. The Kier molecular flexibility index (Phi) is 5.35. The lowest BCUT2D eigenvalue weighted by atomic mass is 9.90. The third kappa shape index (κ3) is 4.22. The molecule has 0 saturated carbocycles. The van der Waals surface area contributed by atoms with Crippen LogP contribution in [0.15, 0.2) is 48.5 Å². The second kappa shape index (κ2) is 7.70. The van der Waals surface area contributed by atoms with Crippen LogP contribution in [0.5, 0.6) is 5.75 Å². The number of rotatable bonds is 5. The topological polar surface area (TPSA) is 78.9 Å². The van der Waals surface area contributed by atoms with Crippen LogP contribution < -0.4 is 10.1 Å². The summed E-state index contributed by atoms with van der Waals surface area (Å²) in [4.78, 5) is 25.5. The minimum atomic E-state index is -0.879. The number of likely N-dealkylation sites (tertiary alicyclic amines) is 1. The molecule has 0 spiro atoms. The van der Waals surface area contributed by atoms with E-state index in [2.05, 4.69) is 5.32 Å². The predicted molar refractivity (Wildman–Crippen MR) is 103 cm³/mol. The average Bonchev–Trinajstić information content (AvgIpc) is 3.07. The van der Waals surface area contributed by atoms with Crippen molar-refractivity contribution in [3.63, 3.8) is 0 Å². The molecule has 2 aromatic carbocycles. The van der Waals surface area contributed by atoms with Crippen LogP contribution in [-0.4, -0.2) is 42.2 Å². The zero-order valence-electron chi connectivity index (χ0n) is 15.6. The van der Waals surface area contributed by atoms with Gasteiger partial charge in [-0.05, 0) is 37.1 Å². The Morgan fingerprint density at radius 1 is 1.22 bits per heavy atom. The molecule has 2 aromatic rings. The number of ether oxygens (including phenoxy) is 1. The van der Waals surface area contributed by atoms with Gasteiger partial charge in [0, 0.05) is 30.8 Å². The van der Waals surface area contributed by atoms with Gasteiger partial charge in [-0.25, -0.2) is 4.79 Å². The van der Waals surface area contributed by atoms with Crippen molar-refractivity contribution in [1.82, 2.24) is 4.90 Å². The SMILES string of the molecule is COc1ccc(NC(=O)N2CCC(C)(C(=O)O)C2)cc1Cc1ccccc1. The summed E-state index contributed by atoms with van der Waals surface area (Å²) in [6, 6.07) is 15.3. The number of carbonyl (C=O) groups excluding carboxylic acids is 1. The summed E-state index contributed by atoms with van der Waals surface area (Å²) < 4.78 is 5.44. The molecule has 1 heterocycles. The molecule has 1 unspecified atom stereocenters. The van der Waals surface area contributed by atoms with Gasteiger partial charge in [0.1, 0.15) is 5.75 Å². The Morgan fingerprint density at radius 2 is 1.96 bits per heavy atom. The average molecular weight is 368 g/mol. The molecule has 1 aliphatic rings. The van der Waals surface area contributed by atoms with Gasteiger partial charge in [0.2, 0.25) is 0 Å². The number of carboxylic acids is 1. The number of hydrogen-bond acceptors (Lipinski definition) is 3. The number of amides is 2. The van der Waals surface area contributed by atoms with Gasteiger partial charge in [-0.2, -0.15) is 0 Å². The minimum Gasteiger partial charge on any atom is -0.496 e. The number of benzene rings is 2. The number of nitrogens with one attached hydrogen (secondary N) is 1. The molecule has 1 fully saturated rings. The lowest BCUT2D eigenvalue weighted by Gasteiger charge is -2.21. The van der Waals surface area contributed by atoms with Crippen molar-refractivity contribution in [2.75, 3.05) is 25.5 Å². The molecule has 0 aromatic heterocycles. The maximum atomic E-state index is 12.5. The summed E-state index contributed by atoms with van der Waals surface area (Å²) in [6.07, 6.45) is 1.14. The fraction of sp³-hybridized carbons (Fsp3) is 0.333. The maximum Gasteiger partial charge on any atom is 0.321 e. The Balaban J connectivity index is 1.73. The quantitative estimate of drug-likeness (QED) is 0.845. The van der Waals surface area contributed by atoms with Crippen molar-refractivity contribution in [3.05, 3.63) is 59.7 Å². The molecule has 1 saturated heterocycles. The number of nitrogens with zero attached hydrogens (tertiary/aromatic N) is 1. The molecule has 0 aliphatic carbocycles. The van der Waals surface area contributed by atoms with Crippen molar-refractivity contribution < 1.29 is 19.4 Å². The van der Waals surface area contributed by atoms with Gasteiger partial charge in [-0.15, -0.1) is 0 Å². The van der Waals surface area contributed by atoms with Crippen LogP contribution in [0.4, 0.5) is 10.5 Å². The van der Waals surface area contributed by atoms with Crippen LogP contribution >= 0.6 is 0 Å². The van der Waals surface area contributed by atoms with Gasteiger partial charge >= 0.3 is 12.0 Å². The molecule has 0 radical (unpaired) electrons. The summed E-state index contributed by atoms with van der Waals surface area (Å²) in [7, 11) is 1.62. The van der Waals surface area contributed by atoms with E-state index in [1.807, 2.05) is 42.5 Å². The first-order valence-corrected chi connectivity index (χ1v) is 8.91. The van der Waals surface area contributed by atoms with E-state index in [0.29, 0.717) is 25.1 Å². The number of methoxy groups -OCH3 is 1. The summed E-state index contributed by atoms with van der Waals surface area (Å²) >= 11 is 0. The zero-order valence-corrected chi connectivity index (χ0v) is 15.6. The van der Waals surface area contributed by atoms with Crippen molar-refractivity contribution >= 4 is 17.7 Å². The molecule has 3 rings (SSSR count). The minimum absolute atomic E-state index is 0.210. The molecule has 2 N–H and O–H groups in total. The van der Waals surface area contributed by atoms with Crippen LogP contribution in [0.3, 0.4) is 0 Å². The first-order chi connectivity index (χ1) is 12.9. The first kappa shape index (κ1) is 18.8. The monoisotopic (exact) mass is 368 g/mol. The van der Waals surface area contributed by atoms with Crippen LogP contribution in [0, 0.1) is 5.41 Å². The molecule has 142 valence electrons. The lowest BCUT2D eigenvalue weighted by Crippen LogP contribution is -2.37. The number of carbonyl (C=O) groups is 2. The second-order valence-electron chi connectivity index (χ2n) is 7.16. The standard InChI is InChI=1S/C21H24N2O4/c1-21(19(24)25)10-11-23(14-21)20(26)22-17-8-9-18(27-2)16(13-17)12-15-6-4-3-5-7-15/h3-9,13H,10-12,14H2,1-2H3,(H,22,26)(H,24,25). The van der Waals surface area contributed by atoms with Crippen LogP contribution in [0.2, 0.25) is 0 Å². The van der Waals surface area contributed by atoms with Crippen LogP contribution in [0.1, 0.15) is 24.5 Å². The Hall–Kier alpha value is -3.02. The largest absolute Gasteiger partial charge is 0.496 e. The number of carboxylic acid groups (broad SMARTS) is 1. The molecule has 2 amide bonds. The summed E-state index contributed by atoms with van der Waals surface area (Å²) in [6.45, 7) is 2.32. The fourth-order valence-electron chi connectivity index (χ4n) is 3.32. The third-order valence-corrected chi connectivity index (χ3v) is 5.05. The molecule has 6 heteroatoms. The second-order valence-corrected chi connectivity index (χ2v) is 7.16. The number of urea groups is 1. The summed E-state index contributed by atoms with van der Waals surface area (Å²) in [5, 5.41) is 12.2. The molecule has 27 heavy (non-hydrogen) atoms. The van der Waals surface area contributed by atoms with Gasteiger partial charge in [0.25, 0.3) is 0 Å². The summed E-state index contributed by atoms with van der Waals surface area (Å²) in [5.41, 5.74) is 1.90. The van der Waals surface area contributed by atoms with Crippen LogP contribution in [-0.2, 0) is 11.2 Å². The van der Waals surface area contributed by atoms with E-state index in [-0.39, 0.29) is 12.6 Å². The van der Waals surface area contributed by atoms with Gasteiger partial charge < -0.3 is 20.1 Å². The van der Waals surface area contributed by atoms with E-state index in [9.17, 15) is 14.7 Å². The van der Waals surface area contributed by atoms with E-state index < -0.39 is 11.4 Å². The fourth-order valence-corrected chi connectivity index (χ4v) is 3.32. The molecule has 6 nitrogen and oxygen atoms in total. The van der Waals surface area contributed by atoms with E-state index in [4.69, 9.17) is 4.74 Å². The van der Waals surface area contributed by atoms with Gasteiger partial charge in [0.15, 0.2) is 0 Å². The normalized spacial score (nSPS) is 19.0. The van der Waals surface area contributed by atoms with E-state index in [0.717, 1.165) is 16.9 Å². The van der Waals surface area contributed by atoms with Gasteiger partial charge in [-0.1, -0.05) is 30.3 Å². The van der Waals surface area contributed by atoms with E-state index in [1.54, 1.807) is 25.0 Å². The predicted octanol–water partition coefficient (Wildman–Crippen LogP) is 3.61. The molecule has 0 bridgehead atoms. The van der Waals surface area contributed by atoms with Crippen molar-refractivity contribution in [2.45, 2.75) is 19.8 Å². The number of anilines is 1. The summed E-state index contributed by atoms with van der Waals surface area (Å²) in [5.74, 6) is -0.108. The highest BCUT2D eigenvalue weighted by molar-refractivity contribution is 5.90. The van der Waals surface area contributed by atoms with E-state index >= 15 is 0 Å². The van der Waals surface area contributed by atoms with Crippen molar-refractivity contribution in [3.8, 4) is 5.75 Å². The molecule has 1 atom stereocenters. The van der Waals surface area contributed by atoms with Gasteiger partial charge in [-0.3, -0.25) is 4.79 Å². The highest BCUT2D eigenvalue weighted by Gasteiger charge is 2.42. The molecular weight excluding hydrogens is 344 g/mol. The third-order valence-electron chi connectivity index (χ3n) is 5.05. The Bertz CT molecular complexity index is 837. The Labute approximate surface area is 158 Å².